The highest BCUT2D eigenvalue weighted by Crippen LogP contribution is 2.06. The fourth-order valence-electron chi connectivity index (χ4n) is 1.38. The molecule has 0 fully saturated rings. The molecule has 1 aromatic heterocycles. The summed E-state index contributed by atoms with van der Waals surface area (Å²) in [6.07, 6.45) is 4.73. The summed E-state index contributed by atoms with van der Waals surface area (Å²) in [4.78, 5) is 11.5. The van der Waals surface area contributed by atoms with Crippen LogP contribution < -0.4 is 5.32 Å². The molecule has 0 saturated heterocycles. The first-order valence-electron chi connectivity index (χ1n) is 5.16. The van der Waals surface area contributed by atoms with Crippen molar-refractivity contribution < 1.29 is 4.79 Å². The molecule has 0 atom stereocenters. The van der Waals surface area contributed by atoms with E-state index in [1.54, 1.807) is 6.08 Å². The van der Waals surface area contributed by atoms with Gasteiger partial charge in [0.1, 0.15) is 0 Å². The molecule has 1 heterocycles. The Morgan fingerprint density at radius 3 is 3.06 bits per heavy atom. The van der Waals surface area contributed by atoms with Crippen LogP contribution in [0.5, 0.6) is 0 Å². The number of nitrogens with one attached hydrogen (secondary N) is 2. The van der Waals surface area contributed by atoms with Crippen LogP contribution in [0.2, 0.25) is 0 Å². The molecule has 0 saturated carbocycles. The summed E-state index contributed by atoms with van der Waals surface area (Å²) >= 11 is 0. The zero-order valence-corrected chi connectivity index (χ0v) is 9.34. The monoisotopic (exact) mass is 228 g/mol. The second-order valence-electron chi connectivity index (χ2n) is 3.60. The second kappa shape index (κ2) is 5.07. The fraction of sp³-hybridized carbons (Fsp3) is 0.0833. The minimum absolute atomic E-state index is 0.236. The Balaban J connectivity index is 1.99. The largest absolute Gasteiger partial charge is 0.304 e. The third kappa shape index (κ3) is 3.27. The number of carbonyl (C=O) groups excluding carboxylic acids is 1. The summed E-state index contributed by atoms with van der Waals surface area (Å²) < 4.78 is 0. The van der Waals surface area contributed by atoms with Gasteiger partial charge in [-0.05, 0) is 18.6 Å². The molecule has 0 spiro atoms. The van der Waals surface area contributed by atoms with Crippen LogP contribution in [-0.2, 0) is 4.79 Å². The van der Waals surface area contributed by atoms with Crippen LogP contribution in [0.3, 0.4) is 0 Å². The number of aryl methyl sites for hydroxylation is 1. The summed E-state index contributed by atoms with van der Waals surface area (Å²) in [5, 5.41) is 12.2. The van der Waals surface area contributed by atoms with Crippen LogP contribution in [-0.4, -0.2) is 21.3 Å². The van der Waals surface area contributed by atoms with E-state index in [0.29, 0.717) is 5.82 Å². The fourth-order valence-corrected chi connectivity index (χ4v) is 1.38. The normalized spacial score (nSPS) is 10.6. The Bertz CT molecular complexity index is 531. The van der Waals surface area contributed by atoms with Gasteiger partial charge in [-0.3, -0.25) is 9.89 Å². The van der Waals surface area contributed by atoms with Gasteiger partial charge in [0.15, 0.2) is 5.82 Å². The van der Waals surface area contributed by atoms with Gasteiger partial charge < -0.3 is 5.32 Å². The van der Waals surface area contributed by atoms with Gasteiger partial charge in [0.25, 0.3) is 0 Å². The Morgan fingerprint density at radius 2 is 2.35 bits per heavy atom. The topological polar surface area (TPSA) is 70.7 Å². The van der Waals surface area contributed by atoms with Gasteiger partial charge in [-0.2, -0.15) is 0 Å². The number of benzene rings is 1. The Hall–Kier alpha value is -2.43. The zero-order valence-electron chi connectivity index (χ0n) is 9.34. The standard InChI is InChI=1S/C12H12N4O/c1-9-3-2-4-10(7-9)5-6-12(17)14-11-8-13-16-15-11/h2-8H,1H3,(H2,13,14,15,16,17). The lowest BCUT2D eigenvalue weighted by atomic mass is 10.1. The van der Waals surface area contributed by atoms with E-state index in [1.165, 1.54) is 12.3 Å². The van der Waals surface area contributed by atoms with E-state index in [0.717, 1.165) is 11.1 Å². The van der Waals surface area contributed by atoms with Crippen molar-refractivity contribution in [3.05, 3.63) is 47.7 Å². The Kier molecular flexibility index (Phi) is 3.30. The average Bonchev–Trinajstić information content (AvgIpc) is 2.79. The lowest BCUT2D eigenvalue weighted by Gasteiger charge is -1.96. The number of anilines is 1. The molecule has 1 amide bonds. The number of amides is 1. The zero-order chi connectivity index (χ0) is 12.1. The van der Waals surface area contributed by atoms with Crippen molar-refractivity contribution in [3.8, 4) is 0 Å². The maximum absolute atomic E-state index is 11.5. The molecule has 0 aliphatic rings. The molecule has 0 bridgehead atoms. The number of hydrogen-bond acceptors (Lipinski definition) is 3. The maximum Gasteiger partial charge on any atom is 0.249 e. The number of hydrogen-bond donors (Lipinski definition) is 2. The van der Waals surface area contributed by atoms with Crippen molar-refractivity contribution in [2.24, 2.45) is 0 Å². The summed E-state index contributed by atoms with van der Waals surface area (Å²) in [5.74, 6) is 0.171. The highest BCUT2D eigenvalue weighted by molar-refractivity contribution is 6.01. The summed E-state index contributed by atoms with van der Waals surface area (Å²) in [5.41, 5.74) is 2.14. The summed E-state index contributed by atoms with van der Waals surface area (Å²) in [7, 11) is 0. The van der Waals surface area contributed by atoms with Crippen LogP contribution >= 0.6 is 0 Å². The van der Waals surface area contributed by atoms with Crippen molar-refractivity contribution in [1.82, 2.24) is 15.4 Å². The lowest BCUT2D eigenvalue weighted by Crippen LogP contribution is -2.07. The average molecular weight is 228 g/mol. The van der Waals surface area contributed by atoms with Crippen molar-refractivity contribution in [3.63, 3.8) is 0 Å². The Morgan fingerprint density at radius 1 is 1.47 bits per heavy atom. The first kappa shape index (κ1) is 11.1. The number of aromatic nitrogens is 3. The lowest BCUT2D eigenvalue weighted by molar-refractivity contribution is -0.111. The van der Waals surface area contributed by atoms with Gasteiger partial charge in [0.05, 0.1) is 6.20 Å². The van der Waals surface area contributed by atoms with E-state index in [-0.39, 0.29) is 5.91 Å². The number of rotatable bonds is 3. The minimum Gasteiger partial charge on any atom is -0.304 e. The van der Waals surface area contributed by atoms with E-state index >= 15 is 0 Å². The first-order chi connectivity index (χ1) is 8.24. The summed E-state index contributed by atoms with van der Waals surface area (Å²) in [6.45, 7) is 2.01. The summed E-state index contributed by atoms with van der Waals surface area (Å²) in [6, 6.07) is 7.89. The smallest absolute Gasteiger partial charge is 0.249 e. The van der Waals surface area contributed by atoms with E-state index in [2.05, 4.69) is 20.7 Å². The van der Waals surface area contributed by atoms with Crippen molar-refractivity contribution in [1.29, 1.82) is 0 Å². The molecule has 5 nitrogen and oxygen atoms in total. The molecule has 2 aromatic rings. The van der Waals surface area contributed by atoms with E-state index in [9.17, 15) is 4.79 Å². The SMILES string of the molecule is Cc1cccc(C=CC(=O)Nc2c[nH]nn2)c1. The number of H-pyrrole nitrogens is 1. The molecular weight excluding hydrogens is 216 g/mol. The second-order valence-corrected chi connectivity index (χ2v) is 3.60. The van der Waals surface area contributed by atoms with E-state index in [4.69, 9.17) is 0 Å². The molecule has 2 N–H and O–H groups in total. The van der Waals surface area contributed by atoms with Crippen LogP contribution in [0, 0.1) is 6.92 Å². The molecule has 0 unspecified atom stereocenters. The Labute approximate surface area is 98.6 Å². The third-order valence-electron chi connectivity index (χ3n) is 2.14. The van der Waals surface area contributed by atoms with Gasteiger partial charge in [-0.15, -0.1) is 5.10 Å². The van der Waals surface area contributed by atoms with Gasteiger partial charge in [0.2, 0.25) is 5.91 Å². The predicted octanol–water partition coefficient (Wildman–Crippen LogP) is 1.77. The predicted molar refractivity (Wildman–Crippen MR) is 65.2 cm³/mol. The first-order valence-corrected chi connectivity index (χ1v) is 5.16. The molecule has 0 radical (unpaired) electrons. The molecule has 17 heavy (non-hydrogen) atoms. The molecule has 1 aromatic carbocycles. The van der Waals surface area contributed by atoms with Crippen LogP contribution in [0.4, 0.5) is 5.82 Å². The van der Waals surface area contributed by atoms with Crippen LogP contribution in [0.25, 0.3) is 6.08 Å². The molecule has 0 aliphatic heterocycles. The number of aromatic amines is 1. The molecular formula is C12H12N4O. The minimum atomic E-state index is -0.236. The maximum atomic E-state index is 11.5. The highest BCUT2D eigenvalue weighted by Gasteiger charge is 1.99. The van der Waals surface area contributed by atoms with Gasteiger partial charge in [-0.25, -0.2) is 0 Å². The van der Waals surface area contributed by atoms with Gasteiger partial charge >= 0.3 is 0 Å². The number of nitrogens with zero attached hydrogens (tertiary/aromatic N) is 2. The van der Waals surface area contributed by atoms with Gasteiger partial charge in [-0.1, -0.05) is 35.0 Å². The molecule has 5 heteroatoms. The van der Waals surface area contributed by atoms with Crippen molar-refractivity contribution in [2.45, 2.75) is 6.92 Å². The van der Waals surface area contributed by atoms with Crippen LogP contribution in [0.15, 0.2) is 36.5 Å². The van der Waals surface area contributed by atoms with E-state index < -0.39 is 0 Å². The highest BCUT2D eigenvalue weighted by atomic mass is 16.1. The van der Waals surface area contributed by atoms with Gasteiger partial charge in [0, 0.05) is 6.08 Å². The number of carbonyl (C=O) groups is 1. The molecule has 0 aliphatic carbocycles. The van der Waals surface area contributed by atoms with Crippen molar-refractivity contribution >= 4 is 17.8 Å². The molecule has 86 valence electrons. The van der Waals surface area contributed by atoms with Crippen LogP contribution in [0.1, 0.15) is 11.1 Å². The quantitative estimate of drug-likeness (QED) is 0.786. The third-order valence-corrected chi connectivity index (χ3v) is 2.14. The molecule has 2 rings (SSSR count). The van der Waals surface area contributed by atoms with Crippen molar-refractivity contribution in [2.75, 3.05) is 5.32 Å². The van der Waals surface area contributed by atoms with E-state index in [1.807, 2.05) is 31.2 Å².